The first-order valence-corrected chi connectivity index (χ1v) is 7.15. The molecule has 114 valence electrons. The van der Waals surface area contributed by atoms with Crippen LogP contribution in [0.1, 0.15) is 25.3 Å². The van der Waals surface area contributed by atoms with Gasteiger partial charge in [0.05, 0.1) is 17.4 Å². The van der Waals surface area contributed by atoms with E-state index in [4.69, 9.17) is 8.94 Å². The van der Waals surface area contributed by atoms with Gasteiger partial charge in [0.25, 0.3) is 11.4 Å². The molecular formula is C16H17N3O3. The SMILES string of the molecule is Cc1occc1-c1nc(-c2ccc(CC(C)C)[nH]c2=O)no1. The number of hydrogen-bond acceptors (Lipinski definition) is 5. The van der Waals surface area contributed by atoms with Crippen LogP contribution in [0.5, 0.6) is 0 Å². The van der Waals surface area contributed by atoms with E-state index in [0.717, 1.165) is 17.7 Å². The molecule has 3 aromatic heterocycles. The van der Waals surface area contributed by atoms with Gasteiger partial charge in [-0.3, -0.25) is 4.79 Å². The fraction of sp³-hybridized carbons (Fsp3) is 0.312. The maximum atomic E-state index is 12.2. The van der Waals surface area contributed by atoms with Crippen molar-refractivity contribution in [1.82, 2.24) is 15.1 Å². The van der Waals surface area contributed by atoms with Crippen LogP contribution < -0.4 is 5.56 Å². The van der Waals surface area contributed by atoms with Crippen LogP contribution in [0, 0.1) is 12.8 Å². The molecule has 0 aliphatic heterocycles. The summed E-state index contributed by atoms with van der Waals surface area (Å²) in [5, 5.41) is 3.89. The monoisotopic (exact) mass is 299 g/mol. The van der Waals surface area contributed by atoms with Gasteiger partial charge >= 0.3 is 0 Å². The first-order chi connectivity index (χ1) is 10.5. The molecule has 0 bridgehead atoms. The number of aromatic nitrogens is 3. The van der Waals surface area contributed by atoms with Gasteiger partial charge in [0, 0.05) is 5.69 Å². The van der Waals surface area contributed by atoms with Crippen molar-refractivity contribution in [3.63, 3.8) is 0 Å². The summed E-state index contributed by atoms with van der Waals surface area (Å²) in [6, 6.07) is 5.37. The molecule has 3 rings (SSSR count). The predicted octanol–water partition coefficient (Wildman–Crippen LogP) is 3.19. The van der Waals surface area contributed by atoms with Crippen LogP contribution in [-0.4, -0.2) is 15.1 Å². The van der Waals surface area contributed by atoms with Crippen molar-refractivity contribution in [3.05, 3.63) is 46.3 Å². The van der Waals surface area contributed by atoms with Crippen LogP contribution in [-0.2, 0) is 6.42 Å². The number of hydrogen-bond donors (Lipinski definition) is 1. The quantitative estimate of drug-likeness (QED) is 0.799. The second-order valence-corrected chi connectivity index (χ2v) is 5.64. The molecule has 0 aliphatic carbocycles. The topological polar surface area (TPSA) is 84.9 Å². The van der Waals surface area contributed by atoms with Crippen molar-refractivity contribution < 1.29 is 8.94 Å². The lowest BCUT2D eigenvalue weighted by atomic mass is 10.1. The highest BCUT2D eigenvalue weighted by molar-refractivity contribution is 5.60. The molecule has 6 nitrogen and oxygen atoms in total. The Morgan fingerprint density at radius 2 is 2.05 bits per heavy atom. The lowest BCUT2D eigenvalue weighted by molar-refractivity contribution is 0.430. The smallest absolute Gasteiger partial charge is 0.261 e. The van der Waals surface area contributed by atoms with Gasteiger partial charge in [0.15, 0.2) is 0 Å². The zero-order chi connectivity index (χ0) is 15.7. The molecule has 3 heterocycles. The summed E-state index contributed by atoms with van der Waals surface area (Å²) in [7, 11) is 0. The summed E-state index contributed by atoms with van der Waals surface area (Å²) in [6.07, 6.45) is 2.38. The summed E-state index contributed by atoms with van der Waals surface area (Å²) in [5.41, 5.74) is 1.81. The fourth-order valence-corrected chi connectivity index (χ4v) is 2.30. The second-order valence-electron chi connectivity index (χ2n) is 5.64. The van der Waals surface area contributed by atoms with Gasteiger partial charge in [-0.05, 0) is 37.5 Å². The van der Waals surface area contributed by atoms with E-state index in [1.54, 1.807) is 18.4 Å². The van der Waals surface area contributed by atoms with Crippen molar-refractivity contribution in [1.29, 1.82) is 0 Å². The van der Waals surface area contributed by atoms with E-state index in [9.17, 15) is 4.79 Å². The van der Waals surface area contributed by atoms with Gasteiger partial charge in [0.1, 0.15) is 5.76 Å². The minimum atomic E-state index is -0.214. The number of pyridine rings is 1. The number of rotatable bonds is 4. The predicted molar refractivity (Wildman–Crippen MR) is 81.3 cm³/mol. The summed E-state index contributed by atoms with van der Waals surface area (Å²) in [5.74, 6) is 1.78. The zero-order valence-electron chi connectivity index (χ0n) is 12.7. The molecule has 0 aromatic carbocycles. The van der Waals surface area contributed by atoms with Crippen molar-refractivity contribution >= 4 is 0 Å². The van der Waals surface area contributed by atoms with Gasteiger partial charge in [-0.1, -0.05) is 19.0 Å². The molecule has 6 heteroatoms. The number of nitrogens with zero attached hydrogens (tertiary/aromatic N) is 2. The normalized spacial score (nSPS) is 11.3. The summed E-state index contributed by atoms with van der Waals surface area (Å²) in [4.78, 5) is 19.3. The van der Waals surface area contributed by atoms with Gasteiger partial charge in [-0.2, -0.15) is 4.98 Å². The number of aromatic amines is 1. The number of H-pyrrole nitrogens is 1. The number of furan rings is 1. The first kappa shape index (κ1) is 14.3. The molecule has 0 aliphatic rings. The minimum absolute atomic E-state index is 0.214. The van der Waals surface area contributed by atoms with E-state index in [2.05, 4.69) is 29.0 Å². The highest BCUT2D eigenvalue weighted by atomic mass is 16.5. The molecule has 0 saturated carbocycles. The van der Waals surface area contributed by atoms with E-state index in [-0.39, 0.29) is 11.4 Å². The van der Waals surface area contributed by atoms with Crippen LogP contribution in [0.3, 0.4) is 0 Å². The molecule has 0 amide bonds. The molecule has 0 radical (unpaired) electrons. The van der Waals surface area contributed by atoms with Crippen LogP contribution in [0.15, 0.2) is 38.2 Å². The van der Waals surface area contributed by atoms with Crippen LogP contribution >= 0.6 is 0 Å². The molecular weight excluding hydrogens is 282 g/mol. The third-order valence-electron chi connectivity index (χ3n) is 3.35. The Kier molecular flexibility index (Phi) is 3.66. The minimum Gasteiger partial charge on any atom is -0.469 e. The largest absolute Gasteiger partial charge is 0.469 e. The lowest BCUT2D eigenvalue weighted by Crippen LogP contribution is -2.13. The third-order valence-corrected chi connectivity index (χ3v) is 3.35. The van der Waals surface area contributed by atoms with Crippen molar-refractivity contribution in [2.24, 2.45) is 5.92 Å². The number of nitrogens with one attached hydrogen (secondary N) is 1. The molecule has 0 unspecified atom stereocenters. The zero-order valence-corrected chi connectivity index (χ0v) is 12.7. The molecule has 3 aromatic rings. The lowest BCUT2D eigenvalue weighted by Gasteiger charge is -2.04. The molecule has 0 fully saturated rings. The Morgan fingerprint density at radius 3 is 2.68 bits per heavy atom. The molecule has 1 N–H and O–H groups in total. The third kappa shape index (κ3) is 2.72. The van der Waals surface area contributed by atoms with Gasteiger partial charge in [0.2, 0.25) is 5.82 Å². The fourth-order valence-electron chi connectivity index (χ4n) is 2.30. The molecule has 0 spiro atoms. The van der Waals surface area contributed by atoms with E-state index >= 15 is 0 Å². The standard InChI is InChI=1S/C16H17N3O3/c1-9(2)8-11-4-5-13(15(20)17-11)14-18-16(22-19-14)12-6-7-21-10(12)3/h4-7,9H,8H2,1-3H3,(H,17,20). The second kappa shape index (κ2) is 5.63. The average Bonchev–Trinajstić information content (AvgIpc) is 3.06. The Morgan fingerprint density at radius 1 is 1.23 bits per heavy atom. The van der Waals surface area contributed by atoms with E-state index in [1.165, 1.54) is 0 Å². The van der Waals surface area contributed by atoms with E-state index < -0.39 is 0 Å². The Bertz CT molecular complexity index is 842. The summed E-state index contributed by atoms with van der Waals surface area (Å²) < 4.78 is 10.4. The maximum absolute atomic E-state index is 12.2. The first-order valence-electron chi connectivity index (χ1n) is 7.15. The van der Waals surface area contributed by atoms with Gasteiger partial charge in [-0.25, -0.2) is 0 Å². The van der Waals surface area contributed by atoms with Crippen LogP contribution in [0.25, 0.3) is 22.8 Å². The van der Waals surface area contributed by atoms with Gasteiger partial charge in [-0.15, -0.1) is 0 Å². The van der Waals surface area contributed by atoms with Gasteiger partial charge < -0.3 is 13.9 Å². The molecule has 0 atom stereocenters. The summed E-state index contributed by atoms with van der Waals surface area (Å²) in [6.45, 7) is 6.02. The summed E-state index contributed by atoms with van der Waals surface area (Å²) >= 11 is 0. The van der Waals surface area contributed by atoms with Crippen molar-refractivity contribution in [2.75, 3.05) is 0 Å². The highest BCUT2D eigenvalue weighted by Crippen LogP contribution is 2.24. The maximum Gasteiger partial charge on any atom is 0.261 e. The average molecular weight is 299 g/mol. The van der Waals surface area contributed by atoms with Crippen molar-refractivity contribution in [2.45, 2.75) is 27.2 Å². The van der Waals surface area contributed by atoms with E-state index in [1.807, 2.05) is 13.0 Å². The van der Waals surface area contributed by atoms with Crippen LogP contribution in [0.2, 0.25) is 0 Å². The highest BCUT2D eigenvalue weighted by Gasteiger charge is 2.16. The molecule has 22 heavy (non-hydrogen) atoms. The van der Waals surface area contributed by atoms with Crippen molar-refractivity contribution in [3.8, 4) is 22.8 Å². The van der Waals surface area contributed by atoms with E-state index in [0.29, 0.717) is 23.1 Å². The number of aryl methyl sites for hydroxylation is 1. The van der Waals surface area contributed by atoms with Crippen LogP contribution in [0.4, 0.5) is 0 Å². The molecule has 0 saturated heterocycles. The Balaban J connectivity index is 1.94. The Hall–Kier alpha value is -2.63. The Labute approximate surface area is 127 Å².